The first kappa shape index (κ1) is 9.89. The summed E-state index contributed by atoms with van der Waals surface area (Å²) in [7, 11) is 1.80. The van der Waals surface area contributed by atoms with Crippen LogP contribution in [0.4, 0.5) is 0 Å². The SMILES string of the molecule is Cn1ncc2c(=O)n3c(nc21)SC(C)(C)C3. The van der Waals surface area contributed by atoms with Crippen molar-refractivity contribution in [2.45, 2.75) is 30.3 Å². The molecule has 0 N–H and O–H groups in total. The van der Waals surface area contributed by atoms with Crippen molar-refractivity contribution in [3.8, 4) is 0 Å². The van der Waals surface area contributed by atoms with E-state index in [1.54, 1.807) is 34.3 Å². The van der Waals surface area contributed by atoms with Gasteiger partial charge >= 0.3 is 0 Å². The van der Waals surface area contributed by atoms with Gasteiger partial charge in [0.15, 0.2) is 10.8 Å². The summed E-state index contributed by atoms with van der Waals surface area (Å²) in [5.41, 5.74) is 0.688. The highest BCUT2D eigenvalue weighted by atomic mass is 32.2. The lowest BCUT2D eigenvalue weighted by Gasteiger charge is -2.12. The molecular formula is C10H12N4OS. The average molecular weight is 236 g/mol. The molecule has 0 radical (unpaired) electrons. The van der Waals surface area contributed by atoms with Gasteiger partial charge in [-0.25, -0.2) is 4.98 Å². The Morgan fingerprint density at radius 1 is 1.50 bits per heavy atom. The first-order chi connectivity index (χ1) is 7.48. The van der Waals surface area contributed by atoms with Gasteiger partial charge in [0.25, 0.3) is 5.56 Å². The first-order valence-electron chi connectivity index (χ1n) is 5.09. The van der Waals surface area contributed by atoms with Crippen molar-refractivity contribution in [3.63, 3.8) is 0 Å². The van der Waals surface area contributed by atoms with Crippen LogP contribution in [0.2, 0.25) is 0 Å². The molecule has 0 unspecified atom stereocenters. The molecule has 2 aromatic rings. The second-order valence-electron chi connectivity index (χ2n) is 4.65. The van der Waals surface area contributed by atoms with Crippen LogP contribution >= 0.6 is 11.8 Å². The third-order valence-electron chi connectivity index (χ3n) is 2.72. The molecule has 0 atom stereocenters. The van der Waals surface area contributed by atoms with Crippen LogP contribution < -0.4 is 5.56 Å². The second-order valence-corrected chi connectivity index (χ2v) is 6.33. The highest BCUT2D eigenvalue weighted by molar-refractivity contribution is 8.00. The monoisotopic (exact) mass is 236 g/mol. The van der Waals surface area contributed by atoms with E-state index >= 15 is 0 Å². The van der Waals surface area contributed by atoms with Gasteiger partial charge in [-0.2, -0.15) is 5.10 Å². The molecule has 3 rings (SSSR count). The molecule has 3 heterocycles. The smallest absolute Gasteiger partial charge is 0.265 e. The summed E-state index contributed by atoms with van der Waals surface area (Å²) in [6.07, 6.45) is 1.59. The predicted octanol–water partition coefficient (Wildman–Crippen LogP) is 1.01. The van der Waals surface area contributed by atoms with Crippen LogP contribution in [0.5, 0.6) is 0 Å². The number of aromatic nitrogens is 4. The molecule has 5 nitrogen and oxygen atoms in total. The zero-order valence-corrected chi connectivity index (χ0v) is 10.2. The fourth-order valence-electron chi connectivity index (χ4n) is 1.98. The summed E-state index contributed by atoms with van der Waals surface area (Å²) >= 11 is 1.65. The van der Waals surface area contributed by atoms with Crippen LogP contribution in [0.3, 0.4) is 0 Å². The third kappa shape index (κ3) is 1.22. The van der Waals surface area contributed by atoms with Crippen LogP contribution in [0.15, 0.2) is 16.1 Å². The van der Waals surface area contributed by atoms with E-state index in [2.05, 4.69) is 23.9 Å². The van der Waals surface area contributed by atoms with Gasteiger partial charge in [-0.1, -0.05) is 11.8 Å². The maximum Gasteiger partial charge on any atom is 0.265 e. The Bertz CT molecular complexity index is 640. The molecule has 0 aromatic carbocycles. The zero-order chi connectivity index (χ0) is 11.5. The highest BCUT2D eigenvalue weighted by Gasteiger charge is 2.32. The quantitative estimate of drug-likeness (QED) is 0.641. The molecule has 6 heteroatoms. The fourth-order valence-corrected chi connectivity index (χ4v) is 3.05. The van der Waals surface area contributed by atoms with Crippen LogP contribution in [-0.2, 0) is 13.6 Å². The average Bonchev–Trinajstić information content (AvgIpc) is 2.68. The lowest BCUT2D eigenvalue weighted by atomic mass is 10.2. The van der Waals surface area contributed by atoms with Crippen molar-refractivity contribution < 1.29 is 0 Å². The largest absolute Gasteiger partial charge is 0.286 e. The maximum atomic E-state index is 12.2. The summed E-state index contributed by atoms with van der Waals surface area (Å²) in [5, 5.41) is 5.46. The van der Waals surface area contributed by atoms with Crippen LogP contribution in [-0.4, -0.2) is 24.1 Å². The Kier molecular flexibility index (Phi) is 1.78. The Balaban J connectivity index is 2.37. The molecule has 0 bridgehead atoms. The molecule has 16 heavy (non-hydrogen) atoms. The molecule has 0 aliphatic carbocycles. The minimum Gasteiger partial charge on any atom is -0.286 e. The maximum absolute atomic E-state index is 12.2. The van der Waals surface area contributed by atoms with Crippen LogP contribution in [0.25, 0.3) is 11.0 Å². The highest BCUT2D eigenvalue weighted by Crippen LogP contribution is 2.38. The summed E-state index contributed by atoms with van der Waals surface area (Å²) < 4.78 is 3.43. The fraction of sp³-hybridized carbons (Fsp3) is 0.500. The Morgan fingerprint density at radius 2 is 2.25 bits per heavy atom. The normalized spacial score (nSPS) is 17.9. The molecule has 0 saturated carbocycles. The van der Waals surface area contributed by atoms with Crippen molar-refractivity contribution in [3.05, 3.63) is 16.6 Å². The standard InChI is InChI=1S/C10H12N4OS/c1-10(2)5-14-8(15)6-4-11-13(3)7(6)12-9(14)16-10/h4H,5H2,1-3H3. The van der Waals surface area contributed by atoms with E-state index in [4.69, 9.17) is 0 Å². The van der Waals surface area contributed by atoms with E-state index < -0.39 is 0 Å². The number of rotatable bonds is 0. The summed E-state index contributed by atoms with van der Waals surface area (Å²) in [6, 6.07) is 0. The number of fused-ring (bicyclic) bond motifs is 2. The Labute approximate surface area is 96.5 Å². The number of hydrogen-bond donors (Lipinski definition) is 0. The van der Waals surface area contributed by atoms with Crippen molar-refractivity contribution in [2.75, 3.05) is 0 Å². The molecule has 0 fully saturated rings. The van der Waals surface area contributed by atoms with E-state index in [1.807, 2.05) is 0 Å². The van der Waals surface area contributed by atoms with E-state index in [0.29, 0.717) is 17.6 Å². The summed E-state index contributed by atoms with van der Waals surface area (Å²) in [4.78, 5) is 16.7. The van der Waals surface area contributed by atoms with E-state index in [1.165, 1.54) is 0 Å². The Morgan fingerprint density at radius 3 is 3.00 bits per heavy atom. The zero-order valence-electron chi connectivity index (χ0n) is 9.39. The lowest BCUT2D eigenvalue weighted by Crippen LogP contribution is -2.24. The first-order valence-corrected chi connectivity index (χ1v) is 5.91. The van der Waals surface area contributed by atoms with Crippen LogP contribution in [0.1, 0.15) is 13.8 Å². The number of nitrogens with zero attached hydrogens (tertiary/aromatic N) is 4. The molecule has 1 aliphatic heterocycles. The van der Waals surface area contributed by atoms with Crippen molar-refractivity contribution >= 4 is 22.8 Å². The van der Waals surface area contributed by atoms with Gasteiger partial charge in [0, 0.05) is 18.3 Å². The number of aryl methyl sites for hydroxylation is 1. The Hall–Kier alpha value is -1.30. The minimum absolute atomic E-state index is 0.0196. The van der Waals surface area contributed by atoms with Gasteiger partial charge in [0.1, 0.15) is 5.39 Å². The lowest BCUT2D eigenvalue weighted by molar-refractivity contribution is 0.546. The van der Waals surface area contributed by atoms with Gasteiger partial charge in [0.05, 0.1) is 6.20 Å². The second kappa shape index (κ2) is 2.88. The van der Waals surface area contributed by atoms with Gasteiger partial charge in [-0.3, -0.25) is 14.0 Å². The van der Waals surface area contributed by atoms with E-state index in [-0.39, 0.29) is 10.3 Å². The predicted molar refractivity (Wildman–Crippen MR) is 62.7 cm³/mol. The van der Waals surface area contributed by atoms with Gasteiger partial charge in [0.2, 0.25) is 0 Å². The van der Waals surface area contributed by atoms with Crippen molar-refractivity contribution in [1.29, 1.82) is 0 Å². The van der Waals surface area contributed by atoms with Gasteiger partial charge in [-0.05, 0) is 13.8 Å². The van der Waals surface area contributed by atoms with Crippen LogP contribution in [0, 0.1) is 0 Å². The van der Waals surface area contributed by atoms with E-state index in [0.717, 1.165) is 5.16 Å². The molecule has 84 valence electrons. The molecule has 2 aromatic heterocycles. The van der Waals surface area contributed by atoms with Gasteiger partial charge in [-0.15, -0.1) is 0 Å². The minimum atomic E-state index is 0.0196. The summed E-state index contributed by atoms with van der Waals surface area (Å²) in [5.74, 6) is 0. The van der Waals surface area contributed by atoms with Crippen molar-refractivity contribution in [1.82, 2.24) is 19.3 Å². The molecular weight excluding hydrogens is 224 g/mol. The van der Waals surface area contributed by atoms with E-state index in [9.17, 15) is 4.79 Å². The topological polar surface area (TPSA) is 52.7 Å². The molecule has 1 aliphatic rings. The van der Waals surface area contributed by atoms with Crippen molar-refractivity contribution in [2.24, 2.45) is 7.05 Å². The third-order valence-corrected chi connectivity index (χ3v) is 3.90. The summed E-state index contributed by atoms with van der Waals surface area (Å²) in [6.45, 7) is 4.95. The molecule has 0 saturated heterocycles. The molecule has 0 spiro atoms. The molecule has 0 amide bonds. The number of hydrogen-bond acceptors (Lipinski definition) is 4. The number of thioether (sulfide) groups is 1. The van der Waals surface area contributed by atoms with Gasteiger partial charge < -0.3 is 0 Å².